The number of piperidine rings is 1. The van der Waals surface area contributed by atoms with E-state index in [1.165, 1.54) is 31.5 Å². The lowest BCUT2D eigenvalue weighted by molar-refractivity contribution is -0.136. The van der Waals surface area contributed by atoms with Crippen LogP contribution in [0.25, 0.3) is 0 Å². The first-order valence-corrected chi connectivity index (χ1v) is 9.09. The van der Waals surface area contributed by atoms with E-state index in [-0.39, 0.29) is 0 Å². The Labute approximate surface area is 133 Å². The molecule has 1 aromatic heterocycles. The van der Waals surface area contributed by atoms with E-state index in [1.807, 2.05) is 6.20 Å². The molecule has 1 aliphatic carbocycles. The van der Waals surface area contributed by atoms with Gasteiger partial charge in [0.05, 0.1) is 0 Å². The number of hydrogen-bond acceptors (Lipinski definition) is 2. The number of carbonyl (C=O) groups is 1. The van der Waals surface area contributed by atoms with Crippen molar-refractivity contribution in [3.63, 3.8) is 0 Å². The van der Waals surface area contributed by atoms with E-state index in [2.05, 4.69) is 27.6 Å². The molecule has 4 heteroatoms. The molecule has 1 aliphatic heterocycles. The molecular formula is C18H29N3O. The van der Waals surface area contributed by atoms with Crippen molar-refractivity contribution >= 4 is 5.91 Å². The fourth-order valence-corrected chi connectivity index (χ4v) is 4.02. The van der Waals surface area contributed by atoms with Crippen LogP contribution in [-0.4, -0.2) is 33.4 Å². The largest absolute Gasteiger partial charge is 0.342 e. The fourth-order valence-electron chi connectivity index (χ4n) is 4.02. The number of nitrogens with zero attached hydrogens (tertiary/aromatic N) is 3. The summed E-state index contributed by atoms with van der Waals surface area (Å²) in [7, 11) is 0. The van der Waals surface area contributed by atoms with Gasteiger partial charge in [-0.25, -0.2) is 4.98 Å². The molecule has 2 aliphatic rings. The molecule has 1 aromatic rings. The van der Waals surface area contributed by atoms with Crippen molar-refractivity contribution in [3.8, 4) is 0 Å². The molecule has 0 N–H and O–H groups in total. The number of unbranched alkanes of at least 4 members (excludes halogenated alkanes) is 1. The molecule has 0 aromatic carbocycles. The van der Waals surface area contributed by atoms with Gasteiger partial charge in [-0.05, 0) is 32.1 Å². The first-order chi connectivity index (χ1) is 10.8. The van der Waals surface area contributed by atoms with Gasteiger partial charge in [-0.1, -0.05) is 26.2 Å². The van der Waals surface area contributed by atoms with Crippen LogP contribution in [0.5, 0.6) is 0 Å². The number of likely N-dealkylation sites (tertiary alicyclic amines) is 1. The molecule has 2 fully saturated rings. The van der Waals surface area contributed by atoms with Crippen LogP contribution < -0.4 is 0 Å². The van der Waals surface area contributed by atoms with Crippen LogP contribution >= 0.6 is 0 Å². The number of hydrogen-bond donors (Lipinski definition) is 0. The van der Waals surface area contributed by atoms with E-state index < -0.39 is 0 Å². The Morgan fingerprint density at radius 3 is 2.86 bits per heavy atom. The molecule has 122 valence electrons. The Hall–Kier alpha value is -1.32. The number of aryl methyl sites for hydroxylation is 1. The summed E-state index contributed by atoms with van der Waals surface area (Å²) in [5, 5.41) is 0. The van der Waals surface area contributed by atoms with Crippen LogP contribution in [-0.2, 0) is 11.3 Å². The highest BCUT2D eigenvalue weighted by Gasteiger charge is 2.32. The zero-order valence-electron chi connectivity index (χ0n) is 13.8. The van der Waals surface area contributed by atoms with Gasteiger partial charge in [0.15, 0.2) is 0 Å². The number of carbonyl (C=O) groups excluding carboxylic acids is 1. The monoisotopic (exact) mass is 303 g/mol. The third-order valence-corrected chi connectivity index (χ3v) is 5.30. The van der Waals surface area contributed by atoms with Gasteiger partial charge in [0, 0.05) is 43.9 Å². The standard InChI is InChI=1S/C18H29N3O/c1-2-3-11-20-13-10-19-17(20)16-9-6-12-21(14-16)18(22)15-7-4-5-8-15/h10,13,15-16H,2-9,11-12,14H2,1H3/t16-/m0/s1. The van der Waals surface area contributed by atoms with Crippen LogP contribution in [0, 0.1) is 5.92 Å². The molecular weight excluding hydrogens is 274 g/mol. The average Bonchev–Trinajstić information content (AvgIpc) is 3.23. The predicted molar refractivity (Wildman–Crippen MR) is 87.6 cm³/mol. The molecule has 0 radical (unpaired) electrons. The third kappa shape index (κ3) is 3.36. The molecule has 22 heavy (non-hydrogen) atoms. The minimum atomic E-state index is 0.304. The topological polar surface area (TPSA) is 38.1 Å². The minimum absolute atomic E-state index is 0.304. The number of aromatic nitrogens is 2. The van der Waals surface area contributed by atoms with Crippen molar-refractivity contribution < 1.29 is 4.79 Å². The van der Waals surface area contributed by atoms with E-state index >= 15 is 0 Å². The van der Waals surface area contributed by atoms with Crippen LogP contribution in [0.4, 0.5) is 0 Å². The Bertz CT molecular complexity index is 490. The first-order valence-electron chi connectivity index (χ1n) is 9.09. The van der Waals surface area contributed by atoms with Gasteiger partial charge in [0.25, 0.3) is 0 Å². The molecule has 4 nitrogen and oxygen atoms in total. The summed E-state index contributed by atoms with van der Waals surface area (Å²) in [4.78, 5) is 19.4. The number of amides is 1. The van der Waals surface area contributed by atoms with Crippen molar-refractivity contribution in [1.29, 1.82) is 0 Å². The minimum Gasteiger partial charge on any atom is -0.342 e. The zero-order valence-corrected chi connectivity index (χ0v) is 13.8. The fraction of sp³-hybridized carbons (Fsp3) is 0.778. The van der Waals surface area contributed by atoms with Crippen molar-refractivity contribution in [1.82, 2.24) is 14.5 Å². The molecule has 1 amide bonds. The van der Waals surface area contributed by atoms with Crippen LogP contribution in [0.1, 0.15) is 70.0 Å². The molecule has 0 spiro atoms. The van der Waals surface area contributed by atoms with Gasteiger partial charge in [-0.15, -0.1) is 0 Å². The lowest BCUT2D eigenvalue weighted by atomic mass is 9.95. The maximum Gasteiger partial charge on any atom is 0.225 e. The van der Waals surface area contributed by atoms with Crippen LogP contribution in [0.3, 0.4) is 0 Å². The highest BCUT2D eigenvalue weighted by Crippen LogP contribution is 2.31. The van der Waals surface area contributed by atoms with Crippen molar-refractivity contribution in [2.24, 2.45) is 5.92 Å². The van der Waals surface area contributed by atoms with E-state index in [9.17, 15) is 4.79 Å². The van der Waals surface area contributed by atoms with Gasteiger partial charge in [-0.2, -0.15) is 0 Å². The van der Waals surface area contributed by atoms with Gasteiger partial charge in [-0.3, -0.25) is 4.79 Å². The van der Waals surface area contributed by atoms with E-state index in [4.69, 9.17) is 0 Å². The van der Waals surface area contributed by atoms with Gasteiger partial charge >= 0.3 is 0 Å². The first kappa shape index (κ1) is 15.6. The van der Waals surface area contributed by atoms with Gasteiger partial charge < -0.3 is 9.47 Å². The molecule has 2 heterocycles. The Balaban J connectivity index is 1.65. The van der Waals surface area contributed by atoms with E-state index in [1.54, 1.807) is 0 Å². The van der Waals surface area contributed by atoms with Crippen LogP contribution in [0.15, 0.2) is 12.4 Å². The normalized spacial score (nSPS) is 23.1. The second kappa shape index (κ2) is 7.30. The Morgan fingerprint density at radius 2 is 2.09 bits per heavy atom. The van der Waals surface area contributed by atoms with Crippen molar-refractivity contribution in [3.05, 3.63) is 18.2 Å². The summed E-state index contributed by atoms with van der Waals surface area (Å²) < 4.78 is 2.30. The molecule has 3 rings (SSSR count). The average molecular weight is 303 g/mol. The maximum atomic E-state index is 12.7. The second-order valence-corrected chi connectivity index (χ2v) is 6.94. The van der Waals surface area contributed by atoms with Gasteiger partial charge in [0.1, 0.15) is 5.82 Å². The van der Waals surface area contributed by atoms with Crippen molar-refractivity contribution in [2.45, 2.75) is 70.8 Å². The maximum absolute atomic E-state index is 12.7. The summed E-state index contributed by atoms with van der Waals surface area (Å²) in [6.07, 6.45) is 13.4. The summed E-state index contributed by atoms with van der Waals surface area (Å²) in [6.45, 7) is 5.10. The SMILES string of the molecule is CCCCn1ccnc1[C@H]1CCCN(C(=O)C2CCCC2)C1. The van der Waals surface area contributed by atoms with E-state index in [0.717, 1.165) is 45.3 Å². The predicted octanol–water partition coefficient (Wildman–Crippen LogP) is 3.58. The number of rotatable bonds is 5. The van der Waals surface area contributed by atoms with E-state index in [0.29, 0.717) is 17.7 Å². The summed E-state index contributed by atoms with van der Waals surface area (Å²) in [5.41, 5.74) is 0. The molecule has 0 unspecified atom stereocenters. The van der Waals surface area contributed by atoms with Crippen molar-refractivity contribution in [2.75, 3.05) is 13.1 Å². The third-order valence-electron chi connectivity index (χ3n) is 5.30. The Morgan fingerprint density at radius 1 is 1.27 bits per heavy atom. The lowest BCUT2D eigenvalue weighted by Gasteiger charge is -2.34. The highest BCUT2D eigenvalue weighted by molar-refractivity contribution is 5.79. The summed E-state index contributed by atoms with van der Waals surface area (Å²) in [6, 6.07) is 0. The van der Waals surface area contributed by atoms with Gasteiger partial charge in [0.2, 0.25) is 5.91 Å². The Kier molecular flexibility index (Phi) is 5.16. The molecule has 0 bridgehead atoms. The van der Waals surface area contributed by atoms with Crippen LogP contribution in [0.2, 0.25) is 0 Å². The molecule has 1 saturated heterocycles. The number of imidazole rings is 1. The quantitative estimate of drug-likeness (QED) is 0.834. The molecule has 1 atom stereocenters. The molecule has 1 saturated carbocycles. The smallest absolute Gasteiger partial charge is 0.225 e. The summed E-state index contributed by atoms with van der Waals surface area (Å²) >= 11 is 0. The lowest BCUT2D eigenvalue weighted by Crippen LogP contribution is -2.42. The highest BCUT2D eigenvalue weighted by atomic mass is 16.2. The summed E-state index contributed by atoms with van der Waals surface area (Å²) in [5.74, 6) is 2.33. The zero-order chi connectivity index (χ0) is 15.4. The second-order valence-electron chi connectivity index (χ2n) is 6.94.